The van der Waals surface area contributed by atoms with E-state index < -0.39 is 10.0 Å². The normalized spacial score (nSPS) is 16.6. The zero-order valence-corrected chi connectivity index (χ0v) is 20.1. The average Bonchev–Trinajstić information content (AvgIpc) is 3.41. The predicted octanol–water partition coefficient (Wildman–Crippen LogP) is 4.23. The highest BCUT2D eigenvalue weighted by molar-refractivity contribution is 7.91. The van der Waals surface area contributed by atoms with Crippen molar-refractivity contribution in [2.24, 2.45) is 10.9 Å². The Hall–Kier alpha value is -1.67. The van der Waals surface area contributed by atoms with Gasteiger partial charge in [-0.15, -0.1) is 17.8 Å². The van der Waals surface area contributed by atoms with Crippen LogP contribution >= 0.6 is 45.9 Å². The number of carbonyl (C=O) groups excluding carboxylic acids is 1. The number of hydrogen-bond donors (Lipinski definition) is 0. The van der Waals surface area contributed by atoms with E-state index in [1.165, 1.54) is 27.0 Å². The maximum Gasteiger partial charge on any atom is 0.252 e. The molecule has 3 aromatic rings. The highest BCUT2D eigenvalue weighted by atomic mass is 35.5. The number of aromatic nitrogens is 1. The van der Waals surface area contributed by atoms with Crippen LogP contribution in [0.2, 0.25) is 10.0 Å². The molecular weight excluding hydrogens is 497 g/mol. The molecule has 1 fully saturated rings. The Morgan fingerprint density at radius 2 is 1.94 bits per heavy atom. The molecule has 0 bridgehead atoms. The van der Waals surface area contributed by atoms with Gasteiger partial charge >= 0.3 is 0 Å². The van der Waals surface area contributed by atoms with Crippen molar-refractivity contribution in [3.8, 4) is 12.3 Å². The first-order valence-electron chi connectivity index (χ1n) is 9.36. The molecule has 1 aromatic carbocycles. The molecule has 0 radical (unpaired) electrons. The SMILES string of the molecule is C#CCn1c(=NC(=O)C2CCN(S(=O)(=O)c3cccs3)CC2)sc2c(Cl)ccc(Cl)c21. The summed E-state index contributed by atoms with van der Waals surface area (Å²) in [7, 11) is -3.51. The molecule has 31 heavy (non-hydrogen) atoms. The number of sulfonamides is 1. The van der Waals surface area contributed by atoms with Gasteiger partial charge in [-0.2, -0.15) is 9.30 Å². The van der Waals surface area contributed by atoms with Crippen molar-refractivity contribution in [1.29, 1.82) is 0 Å². The summed E-state index contributed by atoms with van der Waals surface area (Å²) >= 11 is 15.1. The highest BCUT2D eigenvalue weighted by Gasteiger charge is 2.32. The molecule has 0 spiro atoms. The quantitative estimate of drug-likeness (QED) is 0.490. The van der Waals surface area contributed by atoms with Crippen molar-refractivity contribution in [2.75, 3.05) is 13.1 Å². The van der Waals surface area contributed by atoms with E-state index in [0.717, 1.165) is 0 Å². The summed E-state index contributed by atoms with van der Waals surface area (Å²) in [5.41, 5.74) is 0.653. The summed E-state index contributed by atoms with van der Waals surface area (Å²) in [5.74, 6) is 1.91. The molecule has 0 N–H and O–H groups in total. The van der Waals surface area contributed by atoms with E-state index in [0.29, 0.717) is 42.1 Å². The lowest BCUT2D eigenvalue weighted by Gasteiger charge is -2.29. The number of carbonyl (C=O) groups is 1. The molecule has 0 saturated carbocycles. The maximum atomic E-state index is 12.9. The number of halogens is 2. The van der Waals surface area contributed by atoms with Crippen LogP contribution in [0.4, 0.5) is 0 Å². The van der Waals surface area contributed by atoms with Crippen molar-refractivity contribution in [2.45, 2.75) is 23.6 Å². The molecule has 0 aliphatic carbocycles. The van der Waals surface area contributed by atoms with Gasteiger partial charge < -0.3 is 4.57 Å². The molecule has 6 nitrogen and oxygen atoms in total. The number of benzene rings is 1. The number of rotatable bonds is 4. The lowest BCUT2D eigenvalue weighted by molar-refractivity contribution is -0.122. The number of nitrogens with zero attached hydrogens (tertiary/aromatic N) is 3. The van der Waals surface area contributed by atoms with E-state index in [9.17, 15) is 13.2 Å². The first-order valence-corrected chi connectivity index (χ1v) is 13.2. The minimum Gasteiger partial charge on any atom is -0.303 e. The lowest BCUT2D eigenvalue weighted by Crippen LogP contribution is -2.40. The van der Waals surface area contributed by atoms with Crippen LogP contribution in [-0.4, -0.2) is 36.3 Å². The van der Waals surface area contributed by atoms with Gasteiger partial charge in [0.15, 0.2) is 4.80 Å². The monoisotopic (exact) mass is 513 g/mol. The smallest absolute Gasteiger partial charge is 0.252 e. The van der Waals surface area contributed by atoms with Gasteiger partial charge in [-0.25, -0.2) is 8.42 Å². The molecular formula is C20H17Cl2N3O3S3. The summed E-state index contributed by atoms with van der Waals surface area (Å²) in [6, 6.07) is 6.68. The summed E-state index contributed by atoms with van der Waals surface area (Å²) in [4.78, 5) is 17.7. The standard InChI is InChI=1S/C20H17Cl2N3O3S3/c1-2-9-25-17-14(21)5-6-15(22)18(17)30-20(25)23-19(26)13-7-10-24(11-8-13)31(27,28)16-4-3-12-29-16/h1,3-6,12-13H,7-11H2. The van der Waals surface area contributed by atoms with Gasteiger partial charge in [0.25, 0.3) is 15.9 Å². The number of fused-ring (bicyclic) bond motifs is 1. The van der Waals surface area contributed by atoms with Gasteiger partial charge in [0.1, 0.15) is 4.21 Å². The van der Waals surface area contributed by atoms with Crippen molar-refractivity contribution < 1.29 is 13.2 Å². The summed E-state index contributed by atoms with van der Waals surface area (Å²) in [6.45, 7) is 0.755. The third-order valence-corrected chi connectivity index (χ3v) is 10.2. The molecule has 0 unspecified atom stereocenters. The number of amides is 1. The van der Waals surface area contributed by atoms with Gasteiger partial charge in [-0.3, -0.25) is 4.79 Å². The van der Waals surface area contributed by atoms with E-state index in [2.05, 4.69) is 10.9 Å². The molecule has 3 heterocycles. The lowest BCUT2D eigenvalue weighted by atomic mass is 9.98. The molecule has 1 amide bonds. The summed E-state index contributed by atoms with van der Waals surface area (Å²) in [6.07, 6.45) is 6.33. The van der Waals surface area contributed by atoms with Crippen molar-refractivity contribution in [1.82, 2.24) is 8.87 Å². The molecule has 0 atom stereocenters. The largest absolute Gasteiger partial charge is 0.303 e. The van der Waals surface area contributed by atoms with Gasteiger partial charge in [0, 0.05) is 19.0 Å². The second kappa shape index (κ2) is 9.06. The number of terminal acetylenes is 1. The Labute approximate surface area is 197 Å². The van der Waals surface area contributed by atoms with Crippen LogP contribution in [0.5, 0.6) is 0 Å². The van der Waals surface area contributed by atoms with Crippen molar-refractivity contribution in [3.05, 3.63) is 44.5 Å². The van der Waals surface area contributed by atoms with Crippen molar-refractivity contribution >= 4 is 72.0 Å². The Kier molecular flexibility index (Phi) is 6.58. The Balaban J connectivity index is 1.59. The van der Waals surface area contributed by atoms with E-state index in [1.54, 1.807) is 34.2 Å². The minimum atomic E-state index is -3.51. The zero-order chi connectivity index (χ0) is 22.2. The average molecular weight is 514 g/mol. The van der Waals surface area contributed by atoms with Gasteiger partial charge in [0.2, 0.25) is 0 Å². The van der Waals surface area contributed by atoms with Crippen LogP contribution in [0, 0.1) is 18.3 Å². The van der Waals surface area contributed by atoms with Crippen LogP contribution in [0.15, 0.2) is 38.8 Å². The van der Waals surface area contributed by atoms with E-state index in [4.69, 9.17) is 29.6 Å². The van der Waals surface area contributed by atoms with Crippen LogP contribution < -0.4 is 4.80 Å². The first kappa shape index (κ1) is 22.5. The van der Waals surface area contributed by atoms with Crippen LogP contribution in [0.3, 0.4) is 0 Å². The molecule has 1 aliphatic rings. The van der Waals surface area contributed by atoms with Crippen molar-refractivity contribution in [3.63, 3.8) is 0 Å². The topological polar surface area (TPSA) is 71.7 Å². The molecule has 4 rings (SSSR count). The van der Waals surface area contributed by atoms with Gasteiger partial charge in [0.05, 0.1) is 26.8 Å². The van der Waals surface area contributed by atoms with E-state index in [1.807, 2.05) is 0 Å². The number of hydrogen-bond acceptors (Lipinski definition) is 5. The van der Waals surface area contributed by atoms with Crippen LogP contribution in [0.25, 0.3) is 10.2 Å². The van der Waals surface area contributed by atoms with Crippen LogP contribution in [0.1, 0.15) is 12.8 Å². The third-order valence-electron chi connectivity index (χ3n) is 5.08. The Morgan fingerprint density at radius 3 is 2.58 bits per heavy atom. The highest BCUT2D eigenvalue weighted by Crippen LogP contribution is 2.32. The minimum absolute atomic E-state index is 0.198. The summed E-state index contributed by atoms with van der Waals surface area (Å²) in [5, 5.41) is 2.72. The Morgan fingerprint density at radius 1 is 1.23 bits per heavy atom. The maximum absolute atomic E-state index is 12.9. The van der Waals surface area contributed by atoms with E-state index >= 15 is 0 Å². The van der Waals surface area contributed by atoms with Gasteiger partial charge in [-0.05, 0) is 36.4 Å². The second-order valence-corrected chi connectivity index (χ2v) is 11.8. The fraction of sp³-hybridized carbons (Fsp3) is 0.300. The number of piperidine rings is 1. The zero-order valence-electron chi connectivity index (χ0n) is 16.1. The third kappa shape index (κ3) is 4.33. The molecule has 162 valence electrons. The van der Waals surface area contributed by atoms with Crippen LogP contribution in [-0.2, 0) is 21.4 Å². The van der Waals surface area contributed by atoms with Gasteiger partial charge in [-0.1, -0.05) is 46.5 Å². The molecule has 2 aromatic heterocycles. The molecule has 11 heteroatoms. The predicted molar refractivity (Wildman–Crippen MR) is 125 cm³/mol. The second-order valence-electron chi connectivity index (χ2n) is 6.94. The number of thiazole rings is 1. The molecule has 1 saturated heterocycles. The molecule has 1 aliphatic heterocycles. The fourth-order valence-corrected chi connectivity index (χ4v) is 7.77. The fourth-order valence-electron chi connectivity index (χ4n) is 3.50. The van der Waals surface area contributed by atoms with E-state index in [-0.39, 0.29) is 31.5 Å². The Bertz CT molecular complexity index is 1340. The first-order chi connectivity index (χ1) is 14.8. The summed E-state index contributed by atoms with van der Waals surface area (Å²) < 4.78 is 29.5. The number of thiophene rings is 1.